The first-order valence-electron chi connectivity index (χ1n) is 6.91. The highest BCUT2D eigenvalue weighted by Crippen LogP contribution is 2.30. The Kier molecular flexibility index (Phi) is 3.32. The highest BCUT2D eigenvalue weighted by molar-refractivity contribution is 7.23. The molecular formula is C17H11ClN2O2S. The molecule has 0 atom stereocenters. The number of ether oxygens (including phenoxy) is 1. The summed E-state index contributed by atoms with van der Waals surface area (Å²) < 4.78 is 7.79. The van der Waals surface area contributed by atoms with Crippen molar-refractivity contribution in [2.24, 2.45) is 0 Å². The number of rotatable bonds is 2. The maximum absolute atomic E-state index is 11.6. The van der Waals surface area contributed by atoms with E-state index in [1.165, 1.54) is 7.11 Å². The molecule has 0 N–H and O–H groups in total. The first-order chi connectivity index (χ1) is 11.2. The van der Waals surface area contributed by atoms with Crippen LogP contribution in [0.3, 0.4) is 0 Å². The first-order valence-corrected chi connectivity index (χ1v) is 8.11. The second-order valence-electron chi connectivity index (χ2n) is 5.06. The van der Waals surface area contributed by atoms with Crippen molar-refractivity contribution < 1.29 is 9.53 Å². The van der Waals surface area contributed by atoms with Crippen molar-refractivity contribution in [3.63, 3.8) is 0 Å². The van der Waals surface area contributed by atoms with E-state index < -0.39 is 0 Å². The lowest BCUT2D eigenvalue weighted by Gasteiger charge is -1.99. The molecule has 0 amide bonds. The fourth-order valence-corrected chi connectivity index (χ4v) is 3.68. The van der Waals surface area contributed by atoms with Crippen LogP contribution in [0.25, 0.3) is 26.4 Å². The number of thiazole rings is 1. The van der Waals surface area contributed by atoms with Gasteiger partial charge in [-0.3, -0.25) is 4.40 Å². The SMILES string of the molecule is COC(=O)c1ccc2c(c1)sc1nc(-c3ccc(Cl)cc3)cn12. The van der Waals surface area contributed by atoms with Crippen molar-refractivity contribution in [3.8, 4) is 11.3 Å². The van der Waals surface area contributed by atoms with E-state index in [0.717, 1.165) is 26.4 Å². The molecule has 2 heterocycles. The molecule has 0 spiro atoms. The van der Waals surface area contributed by atoms with E-state index in [1.807, 2.05) is 47.0 Å². The highest BCUT2D eigenvalue weighted by atomic mass is 35.5. The van der Waals surface area contributed by atoms with Crippen molar-refractivity contribution in [2.75, 3.05) is 7.11 Å². The van der Waals surface area contributed by atoms with Gasteiger partial charge in [0.05, 0.1) is 28.6 Å². The Labute approximate surface area is 140 Å². The zero-order valence-corrected chi connectivity index (χ0v) is 13.7. The Morgan fingerprint density at radius 1 is 1.22 bits per heavy atom. The van der Waals surface area contributed by atoms with E-state index >= 15 is 0 Å². The van der Waals surface area contributed by atoms with Gasteiger partial charge in [-0.15, -0.1) is 0 Å². The van der Waals surface area contributed by atoms with Crippen molar-refractivity contribution in [3.05, 3.63) is 59.2 Å². The number of benzene rings is 2. The number of hydrogen-bond donors (Lipinski definition) is 0. The molecule has 23 heavy (non-hydrogen) atoms. The average Bonchev–Trinajstić information content (AvgIpc) is 3.11. The van der Waals surface area contributed by atoms with Gasteiger partial charge in [-0.2, -0.15) is 0 Å². The van der Waals surface area contributed by atoms with Gasteiger partial charge in [0.2, 0.25) is 0 Å². The van der Waals surface area contributed by atoms with Gasteiger partial charge in [0.15, 0.2) is 4.96 Å². The number of methoxy groups -OCH3 is 1. The number of carbonyl (C=O) groups is 1. The summed E-state index contributed by atoms with van der Waals surface area (Å²) in [6, 6.07) is 13.1. The monoisotopic (exact) mass is 342 g/mol. The second-order valence-corrected chi connectivity index (χ2v) is 6.51. The third-order valence-electron chi connectivity index (χ3n) is 3.66. The van der Waals surface area contributed by atoms with E-state index in [4.69, 9.17) is 16.3 Å². The topological polar surface area (TPSA) is 43.6 Å². The molecule has 0 fully saturated rings. The molecule has 4 rings (SSSR count). The van der Waals surface area contributed by atoms with Crippen LogP contribution >= 0.6 is 22.9 Å². The quantitative estimate of drug-likeness (QED) is 0.498. The molecule has 0 bridgehead atoms. The summed E-state index contributed by atoms with van der Waals surface area (Å²) in [6.45, 7) is 0. The van der Waals surface area contributed by atoms with Gasteiger partial charge < -0.3 is 4.74 Å². The molecule has 4 nitrogen and oxygen atoms in total. The molecule has 2 aromatic carbocycles. The van der Waals surface area contributed by atoms with Crippen molar-refractivity contribution in [2.45, 2.75) is 0 Å². The number of nitrogens with zero attached hydrogens (tertiary/aromatic N) is 2. The van der Waals surface area contributed by atoms with Crippen LogP contribution in [0.4, 0.5) is 0 Å². The molecule has 0 radical (unpaired) electrons. The van der Waals surface area contributed by atoms with Crippen molar-refractivity contribution in [1.82, 2.24) is 9.38 Å². The lowest BCUT2D eigenvalue weighted by Crippen LogP contribution is -2.00. The maximum atomic E-state index is 11.6. The Balaban J connectivity index is 1.84. The van der Waals surface area contributed by atoms with Crippen LogP contribution in [0.5, 0.6) is 0 Å². The summed E-state index contributed by atoms with van der Waals surface area (Å²) in [6.07, 6.45) is 2.00. The molecule has 0 aliphatic heterocycles. The van der Waals surface area contributed by atoms with Crippen molar-refractivity contribution in [1.29, 1.82) is 0 Å². The molecule has 0 aliphatic carbocycles. The summed E-state index contributed by atoms with van der Waals surface area (Å²) in [5.41, 5.74) is 3.48. The molecular weight excluding hydrogens is 332 g/mol. The fourth-order valence-electron chi connectivity index (χ4n) is 2.51. The Hall–Kier alpha value is -2.37. The highest BCUT2D eigenvalue weighted by Gasteiger charge is 2.13. The van der Waals surface area contributed by atoms with Gasteiger partial charge in [0, 0.05) is 16.8 Å². The number of carbonyl (C=O) groups excluding carboxylic acids is 1. The summed E-state index contributed by atoms with van der Waals surface area (Å²) in [5.74, 6) is -0.334. The number of imidazole rings is 1. The standard InChI is InChI=1S/C17H11ClN2O2S/c1-22-16(21)11-4-7-14-15(8-11)23-17-19-13(9-20(14)17)10-2-5-12(18)6-3-10/h2-9H,1H3. The molecule has 0 saturated heterocycles. The third kappa shape index (κ3) is 2.38. The Morgan fingerprint density at radius 2 is 2.00 bits per heavy atom. The van der Waals surface area contributed by atoms with E-state index in [-0.39, 0.29) is 5.97 Å². The second kappa shape index (κ2) is 5.37. The predicted octanol–water partition coefficient (Wildman–Crippen LogP) is 4.66. The average molecular weight is 343 g/mol. The number of halogens is 1. The summed E-state index contributed by atoms with van der Waals surface area (Å²) in [4.78, 5) is 17.2. The fraction of sp³-hybridized carbons (Fsp3) is 0.0588. The van der Waals surface area contributed by atoms with Crippen LogP contribution in [-0.4, -0.2) is 22.5 Å². The van der Waals surface area contributed by atoms with E-state index in [9.17, 15) is 4.79 Å². The predicted molar refractivity (Wildman–Crippen MR) is 92.4 cm³/mol. The van der Waals surface area contributed by atoms with Gasteiger partial charge in [-0.1, -0.05) is 35.1 Å². The van der Waals surface area contributed by atoms with Crippen LogP contribution < -0.4 is 0 Å². The smallest absolute Gasteiger partial charge is 0.337 e. The minimum atomic E-state index is -0.334. The lowest BCUT2D eigenvalue weighted by atomic mass is 10.2. The molecule has 114 valence electrons. The summed E-state index contributed by atoms with van der Waals surface area (Å²) in [7, 11) is 1.38. The minimum absolute atomic E-state index is 0.334. The summed E-state index contributed by atoms with van der Waals surface area (Å²) >= 11 is 7.47. The van der Waals surface area contributed by atoms with Crippen LogP contribution in [-0.2, 0) is 4.74 Å². The zero-order valence-electron chi connectivity index (χ0n) is 12.1. The van der Waals surface area contributed by atoms with Crippen LogP contribution in [0.2, 0.25) is 5.02 Å². The molecule has 4 aromatic rings. The molecule has 0 unspecified atom stereocenters. The van der Waals surface area contributed by atoms with Crippen molar-refractivity contribution >= 4 is 44.1 Å². The van der Waals surface area contributed by atoms with Crippen LogP contribution in [0, 0.1) is 0 Å². The van der Waals surface area contributed by atoms with Crippen LogP contribution in [0.15, 0.2) is 48.7 Å². The number of aromatic nitrogens is 2. The summed E-state index contributed by atoms with van der Waals surface area (Å²) in [5, 5.41) is 0.704. The molecule has 0 aliphatic rings. The maximum Gasteiger partial charge on any atom is 0.337 e. The Morgan fingerprint density at radius 3 is 2.74 bits per heavy atom. The van der Waals surface area contributed by atoms with Gasteiger partial charge in [-0.25, -0.2) is 9.78 Å². The number of hydrogen-bond acceptors (Lipinski definition) is 4. The zero-order chi connectivity index (χ0) is 16.0. The number of esters is 1. The largest absolute Gasteiger partial charge is 0.465 e. The Bertz CT molecular complexity index is 1030. The van der Waals surface area contributed by atoms with E-state index in [1.54, 1.807) is 17.4 Å². The normalized spacial score (nSPS) is 11.2. The lowest BCUT2D eigenvalue weighted by molar-refractivity contribution is 0.0601. The van der Waals surface area contributed by atoms with Gasteiger partial charge >= 0.3 is 5.97 Å². The minimum Gasteiger partial charge on any atom is -0.465 e. The number of fused-ring (bicyclic) bond motifs is 3. The van der Waals surface area contributed by atoms with Gasteiger partial charge in [0.25, 0.3) is 0 Å². The molecule has 6 heteroatoms. The molecule has 2 aromatic heterocycles. The van der Waals surface area contributed by atoms with E-state index in [2.05, 4.69) is 4.98 Å². The first kappa shape index (κ1) is 14.2. The van der Waals surface area contributed by atoms with Gasteiger partial charge in [-0.05, 0) is 30.3 Å². The third-order valence-corrected chi connectivity index (χ3v) is 4.92. The van der Waals surface area contributed by atoms with E-state index in [0.29, 0.717) is 10.6 Å². The van der Waals surface area contributed by atoms with Crippen LogP contribution in [0.1, 0.15) is 10.4 Å². The molecule has 0 saturated carbocycles. The van der Waals surface area contributed by atoms with Gasteiger partial charge in [0.1, 0.15) is 0 Å².